The first kappa shape index (κ1) is 27.9. The van der Waals surface area contributed by atoms with Gasteiger partial charge in [-0.2, -0.15) is 0 Å². The van der Waals surface area contributed by atoms with Crippen LogP contribution in [0.1, 0.15) is 35.3 Å². The third-order valence-electron chi connectivity index (χ3n) is 6.57. The molecule has 2 aromatic carbocycles. The summed E-state index contributed by atoms with van der Waals surface area (Å²) in [4.78, 5) is 36.8. The first-order chi connectivity index (χ1) is 18.3. The van der Waals surface area contributed by atoms with Crippen molar-refractivity contribution in [2.24, 2.45) is 5.73 Å². The maximum Gasteiger partial charge on any atom is 0.404 e. The van der Waals surface area contributed by atoms with Crippen molar-refractivity contribution in [3.8, 4) is 11.5 Å². The molecule has 1 fully saturated rings. The van der Waals surface area contributed by atoms with Crippen LogP contribution in [0.3, 0.4) is 0 Å². The van der Waals surface area contributed by atoms with Gasteiger partial charge in [0.2, 0.25) is 6.29 Å². The molecule has 12 nitrogen and oxygen atoms in total. The molecule has 4 atom stereocenters. The number of aromatic hydroxyl groups is 1. The fourth-order valence-corrected chi connectivity index (χ4v) is 4.56. The standard InChI is InChI=1S/C27H30N2O10/c1-12-6-8-14(9-7-12)23(32)29-17-18(30)15-10-11-16(13(2)20(15)37-24(17)33)36-25-19(31)21(38-26(28)34)22(35-5)27(3,4)39-25/h6-11,19,21-22,25,30-31H,1-5H3,(H2,28,34)(H,29,32)/t19-,21+,22-,25-/m1/s1. The average Bonchev–Trinajstić information content (AvgIpc) is 2.86. The fraction of sp³-hybridized carbons (Fsp3) is 0.370. The number of anilines is 1. The number of nitrogens with two attached hydrogens (primary N) is 1. The monoisotopic (exact) mass is 542 g/mol. The quantitative estimate of drug-likeness (QED) is 0.338. The number of benzene rings is 2. The lowest BCUT2D eigenvalue weighted by molar-refractivity contribution is -0.304. The number of rotatable bonds is 6. The van der Waals surface area contributed by atoms with Gasteiger partial charge in [0, 0.05) is 18.2 Å². The molecular weight excluding hydrogens is 512 g/mol. The number of ether oxygens (including phenoxy) is 4. The van der Waals surface area contributed by atoms with Gasteiger partial charge < -0.3 is 44.6 Å². The number of hydrogen-bond acceptors (Lipinski definition) is 10. The third kappa shape index (κ3) is 5.39. The molecule has 12 heteroatoms. The average molecular weight is 543 g/mol. The van der Waals surface area contributed by atoms with Crippen molar-refractivity contribution in [1.29, 1.82) is 0 Å². The van der Waals surface area contributed by atoms with Gasteiger partial charge >= 0.3 is 11.7 Å². The molecule has 4 rings (SSSR count). The highest BCUT2D eigenvalue weighted by molar-refractivity contribution is 6.06. The molecule has 0 saturated carbocycles. The zero-order valence-corrected chi connectivity index (χ0v) is 22.0. The smallest absolute Gasteiger partial charge is 0.404 e. The molecule has 0 unspecified atom stereocenters. The Hall–Kier alpha value is -4.13. The summed E-state index contributed by atoms with van der Waals surface area (Å²) in [5, 5.41) is 24.3. The molecule has 1 aliphatic heterocycles. The third-order valence-corrected chi connectivity index (χ3v) is 6.57. The molecule has 208 valence electrons. The molecule has 1 aromatic heterocycles. The van der Waals surface area contributed by atoms with Crippen LogP contribution in [0.25, 0.3) is 11.0 Å². The maximum atomic E-state index is 12.8. The number of methoxy groups -OCH3 is 1. The van der Waals surface area contributed by atoms with Crippen LogP contribution in [0.5, 0.6) is 11.5 Å². The number of amides is 2. The minimum absolute atomic E-state index is 0.00685. The van der Waals surface area contributed by atoms with Crippen molar-refractivity contribution in [2.45, 2.75) is 57.9 Å². The van der Waals surface area contributed by atoms with Gasteiger partial charge in [0.05, 0.1) is 11.0 Å². The Labute approximate surface area is 223 Å². The van der Waals surface area contributed by atoms with Gasteiger partial charge in [0.15, 0.2) is 23.6 Å². The van der Waals surface area contributed by atoms with E-state index < -0.39 is 59.3 Å². The van der Waals surface area contributed by atoms with Crippen molar-refractivity contribution in [3.05, 3.63) is 63.5 Å². The first-order valence-electron chi connectivity index (χ1n) is 12.0. The van der Waals surface area contributed by atoms with Crippen LogP contribution in [-0.4, -0.2) is 59.5 Å². The normalized spacial score (nSPS) is 22.3. The van der Waals surface area contributed by atoms with Gasteiger partial charge in [-0.15, -0.1) is 0 Å². The van der Waals surface area contributed by atoms with E-state index in [0.29, 0.717) is 11.1 Å². The summed E-state index contributed by atoms with van der Waals surface area (Å²) < 4.78 is 27.8. The van der Waals surface area contributed by atoms with E-state index in [-0.39, 0.29) is 16.7 Å². The lowest BCUT2D eigenvalue weighted by atomic mass is 9.89. The summed E-state index contributed by atoms with van der Waals surface area (Å²) in [6, 6.07) is 9.57. The topological polar surface area (TPSA) is 180 Å². The lowest BCUT2D eigenvalue weighted by Crippen LogP contribution is -2.65. The van der Waals surface area contributed by atoms with Crippen molar-refractivity contribution in [3.63, 3.8) is 0 Å². The van der Waals surface area contributed by atoms with E-state index in [1.165, 1.54) is 19.2 Å². The molecule has 2 amide bonds. The highest BCUT2D eigenvalue weighted by atomic mass is 16.7. The number of aliphatic hydroxyl groups is 1. The molecule has 0 radical (unpaired) electrons. The first-order valence-corrected chi connectivity index (χ1v) is 12.0. The number of primary amides is 1. The van der Waals surface area contributed by atoms with Gasteiger partial charge in [-0.1, -0.05) is 17.7 Å². The van der Waals surface area contributed by atoms with E-state index in [9.17, 15) is 24.6 Å². The molecule has 3 aromatic rings. The predicted molar refractivity (Wildman–Crippen MR) is 139 cm³/mol. The highest BCUT2D eigenvalue weighted by Gasteiger charge is 2.53. The zero-order chi connectivity index (χ0) is 28.6. The van der Waals surface area contributed by atoms with E-state index in [1.54, 1.807) is 45.0 Å². The molecular formula is C27H30N2O10. The highest BCUT2D eigenvalue weighted by Crippen LogP contribution is 2.38. The second kappa shape index (κ2) is 10.6. The molecule has 2 heterocycles. The lowest BCUT2D eigenvalue weighted by Gasteiger charge is -2.47. The Bertz CT molecular complexity index is 1460. The van der Waals surface area contributed by atoms with E-state index in [0.717, 1.165) is 5.56 Å². The Morgan fingerprint density at radius 3 is 2.38 bits per heavy atom. The number of aryl methyl sites for hydroxylation is 2. The molecule has 5 N–H and O–H groups in total. The molecule has 0 spiro atoms. The van der Waals surface area contributed by atoms with E-state index in [2.05, 4.69) is 5.32 Å². The summed E-state index contributed by atoms with van der Waals surface area (Å²) in [6.45, 7) is 6.77. The van der Waals surface area contributed by atoms with Crippen LogP contribution in [-0.2, 0) is 14.2 Å². The molecule has 1 saturated heterocycles. The van der Waals surface area contributed by atoms with Crippen LogP contribution in [0.2, 0.25) is 0 Å². The van der Waals surface area contributed by atoms with Crippen LogP contribution >= 0.6 is 0 Å². The Morgan fingerprint density at radius 2 is 1.77 bits per heavy atom. The van der Waals surface area contributed by atoms with Gasteiger partial charge in [-0.3, -0.25) is 4.79 Å². The second-order valence-electron chi connectivity index (χ2n) is 9.75. The molecule has 0 bridgehead atoms. The number of aliphatic hydroxyl groups excluding tert-OH is 1. The summed E-state index contributed by atoms with van der Waals surface area (Å²) in [7, 11) is 1.38. The SMILES string of the molecule is CO[C@@H]1[C@@H](OC(N)=O)[C@@H](O)[C@H](Oc2ccc3c(O)c(NC(=O)c4ccc(C)cc4)c(=O)oc3c2C)OC1(C)C. The Balaban J connectivity index is 1.65. The van der Waals surface area contributed by atoms with Crippen molar-refractivity contribution < 1.29 is 43.2 Å². The fourth-order valence-electron chi connectivity index (χ4n) is 4.56. The minimum atomic E-state index is -1.50. The number of fused-ring (bicyclic) bond motifs is 1. The molecule has 39 heavy (non-hydrogen) atoms. The van der Waals surface area contributed by atoms with Crippen molar-refractivity contribution in [1.82, 2.24) is 0 Å². The van der Waals surface area contributed by atoms with Crippen molar-refractivity contribution in [2.75, 3.05) is 12.4 Å². The number of hydrogen-bond donors (Lipinski definition) is 4. The van der Waals surface area contributed by atoms with Crippen LogP contribution in [0.4, 0.5) is 10.5 Å². The summed E-state index contributed by atoms with van der Waals surface area (Å²) in [5.74, 6) is -0.930. The van der Waals surface area contributed by atoms with Gasteiger partial charge in [-0.05, 0) is 52.0 Å². The number of carbonyl (C=O) groups is 2. The van der Waals surface area contributed by atoms with E-state index >= 15 is 0 Å². The molecule has 1 aliphatic rings. The van der Waals surface area contributed by atoms with E-state index in [1.807, 2.05) is 6.92 Å². The van der Waals surface area contributed by atoms with Gasteiger partial charge in [0.25, 0.3) is 5.91 Å². The Morgan fingerprint density at radius 1 is 1.10 bits per heavy atom. The van der Waals surface area contributed by atoms with Crippen LogP contribution < -0.4 is 21.4 Å². The van der Waals surface area contributed by atoms with Crippen LogP contribution in [0, 0.1) is 13.8 Å². The second-order valence-corrected chi connectivity index (χ2v) is 9.75. The van der Waals surface area contributed by atoms with Gasteiger partial charge in [0.1, 0.15) is 17.4 Å². The number of nitrogens with one attached hydrogen (secondary N) is 1. The summed E-state index contributed by atoms with van der Waals surface area (Å²) in [6.07, 6.45) is -6.00. The predicted octanol–water partition coefficient (Wildman–Crippen LogP) is 2.72. The number of carbonyl (C=O) groups excluding carboxylic acids is 2. The minimum Gasteiger partial charge on any atom is -0.505 e. The van der Waals surface area contributed by atoms with Gasteiger partial charge in [-0.25, -0.2) is 9.59 Å². The van der Waals surface area contributed by atoms with E-state index in [4.69, 9.17) is 29.1 Å². The summed E-state index contributed by atoms with van der Waals surface area (Å²) in [5.41, 5.74) is 4.26. The van der Waals surface area contributed by atoms with Crippen molar-refractivity contribution >= 4 is 28.7 Å². The molecule has 0 aliphatic carbocycles. The maximum absolute atomic E-state index is 12.8. The zero-order valence-electron chi connectivity index (χ0n) is 22.0. The summed E-state index contributed by atoms with van der Waals surface area (Å²) >= 11 is 0. The largest absolute Gasteiger partial charge is 0.505 e. The Kier molecular flexibility index (Phi) is 7.55. The van der Waals surface area contributed by atoms with Crippen LogP contribution in [0.15, 0.2) is 45.6 Å².